The number of benzene rings is 2. The van der Waals surface area contributed by atoms with E-state index in [-0.39, 0.29) is 11.9 Å². The van der Waals surface area contributed by atoms with Crippen molar-refractivity contribution >= 4 is 50.6 Å². The molecule has 32 heavy (non-hydrogen) atoms. The topological polar surface area (TPSA) is 77.5 Å². The van der Waals surface area contributed by atoms with Crippen LogP contribution in [0.25, 0.3) is 10.1 Å². The SMILES string of the molecule is CCOC(=O)c1cncc2c(COc3cccc(NC(=O)c4cccc(Cl)c4)c3)csc12. The van der Waals surface area contributed by atoms with Gasteiger partial charge >= 0.3 is 5.97 Å². The molecular formula is C24H19ClN2O4S. The number of ether oxygens (including phenoxy) is 2. The maximum absolute atomic E-state index is 12.4. The highest BCUT2D eigenvalue weighted by atomic mass is 35.5. The van der Waals surface area contributed by atoms with Gasteiger partial charge in [0.05, 0.1) is 16.9 Å². The van der Waals surface area contributed by atoms with Gasteiger partial charge in [-0.15, -0.1) is 11.3 Å². The van der Waals surface area contributed by atoms with E-state index in [9.17, 15) is 9.59 Å². The molecule has 2 aromatic carbocycles. The van der Waals surface area contributed by atoms with E-state index in [2.05, 4.69) is 10.3 Å². The molecule has 2 heterocycles. The highest BCUT2D eigenvalue weighted by molar-refractivity contribution is 7.17. The molecule has 1 amide bonds. The third-order valence-electron chi connectivity index (χ3n) is 4.63. The van der Waals surface area contributed by atoms with E-state index in [0.717, 1.165) is 15.6 Å². The number of pyridine rings is 1. The summed E-state index contributed by atoms with van der Waals surface area (Å²) in [4.78, 5) is 28.8. The number of anilines is 1. The minimum absolute atomic E-state index is 0.258. The number of hydrogen-bond donors (Lipinski definition) is 1. The van der Waals surface area contributed by atoms with E-state index in [1.165, 1.54) is 17.5 Å². The monoisotopic (exact) mass is 466 g/mol. The van der Waals surface area contributed by atoms with Gasteiger partial charge in [0.1, 0.15) is 12.4 Å². The fraction of sp³-hybridized carbons (Fsp3) is 0.125. The summed E-state index contributed by atoms with van der Waals surface area (Å²) < 4.78 is 11.9. The number of halogens is 1. The Morgan fingerprint density at radius 2 is 1.97 bits per heavy atom. The first-order valence-corrected chi connectivity index (χ1v) is 11.1. The van der Waals surface area contributed by atoms with Gasteiger partial charge in [-0.3, -0.25) is 9.78 Å². The van der Waals surface area contributed by atoms with E-state index >= 15 is 0 Å². The molecule has 0 spiro atoms. The van der Waals surface area contributed by atoms with Crippen LogP contribution >= 0.6 is 22.9 Å². The largest absolute Gasteiger partial charge is 0.489 e. The quantitative estimate of drug-likeness (QED) is 0.340. The Balaban J connectivity index is 1.47. The number of carbonyl (C=O) groups excluding carboxylic acids is 2. The Kier molecular flexibility index (Phi) is 6.68. The van der Waals surface area contributed by atoms with Crippen LogP contribution in [0.4, 0.5) is 5.69 Å². The summed E-state index contributed by atoms with van der Waals surface area (Å²) in [5.74, 6) is -0.0446. The van der Waals surface area contributed by atoms with Gasteiger partial charge in [-0.05, 0) is 42.6 Å². The number of carbonyl (C=O) groups is 2. The first kappa shape index (κ1) is 21.8. The van der Waals surface area contributed by atoms with Crippen LogP contribution in [-0.4, -0.2) is 23.5 Å². The lowest BCUT2D eigenvalue weighted by Crippen LogP contribution is -2.11. The highest BCUT2D eigenvalue weighted by Crippen LogP contribution is 2.30. The van der Waals surface area contributed by atoms with Crippen LogP contribution in [0.1, 0.15) is 33.2 Å². The van der Waals surface area contributed by atoms with Gasteiger partial charge in [0.25, 0.3) is 5.91 Å². The van der Waals surface area contributed by atoms with Gasteiger partial charge in [0.15, 0.2) is 0 Å². The van der Waals surface area contributed by atoms with Crippen LogP contribution in [0.15, 0.2) is 66.3 Å². The van der Waals surface area contributed by atoms with Crippen molar-refractivity contribution < 1.29 is 19.1 Å². The lowest BCUT2D eigenvalue weighted by molar-refractivity contribution is 0.0528. The third kappa shape index (κ3) is 4.90. The number of thiophene rings is 1. The number of aromatic nitrogens is 1. The van der Waals surface area contributed by atoms with Gasteiger partial charge < -0.3 is 14.8 Å². The number of amides is 1. The summed E-state index contributed by atoms with van der Waals surface area (Å²) in [5, 5.41) is 6.14. The second-order valence-electron chi connectivity index (χ2n) is 6.83. The zero-order valence-corrected chi connectivity index (χ0v) is 18.7. The van der Waals surface area contributed by atoms with Gasteiger partial charge in [-0.1, -0.05) is 23.7 Å². The summed E-state index contributed by atoms with van der Waals surface area (Å²) in [6, 6.07) is 13.9. The van der Waals surface area contributed by atoms with Crippen molar-refractivity contribution in [2.45, 2.75) is 13.5 Å². The van der Waals surface area contributed by atoms with E-state index in [1.54, 1.807) is 55.6 Å². The second-order valence-corrected chi connectivity index (χ2v) is 8.14. The van der Waals surface area contributed by atoms with Gasteiger partial charge in [-0.2, -0.15) is 0 Å². The summed E-state index contributed by atoms with van der Waals surface area (Å²) in [6.45, 7) is 2.37. The summed E-state index contributed by atoms with van der Waals surface area (Å²) in [5.41, 5.74) is 2.44. The molecule has 8 heteroatoms. The second kappa shape index (κ2) is 9.80. The Morgan fingerprint density at radius 1 is 1.12 bits per heavy atom. The maximum atomic E-state index is 12.4. The number of esters is 1. The standard InChI is InChI=1S/C24H19ClN2O4S/c1-2-30-24(29)21-12-26-11-20-16(14-32-22(20)21)13-31-19-8-4-7-18(10-19)27-23(28)15-5-3-6-17(25)9-15/h3-12,14H,2,13H2,1H3,(H,27,28). The van der Waals surface area contributed by atoms with Crippen LogP contribution in [0.3, 0.4) is 0 Å². The van der Waals surface area contributed by atoms with Gasteiger partial charge in [0.2, 0.25) is 0 Å². The fourth-order valence-corrected chi connectivity index (χ4v) is 4.34. The number of fused-ring (bicyclic) bond motifs is 1. The Morgan fingerprint density at radius 3 is 2.78 bits per heavy atom. The molecule has 0 aliphatic carbocycles. The normalized spacial score (nSPS) is 10.7. The number of nitrogens with zero attached hydrogens (tertiary/aromatic N) is 1. The first-order chi connectivity index (χ1) is 15.5. The van der Waals surface area contributed by atoms with Crippen molar-refractivity contribution in [2.75, 3.05) is 11.9 Å². The summed E-state index contributed by atoms with van der Waals surface area (Å²) in [7, 11) is 0. The molecule has 0 atom stereocenters. The van der Waals surface area contributed by atoms with Crippen LogP contribution in [0.5, 0.6) is 5.75 Å². The fourth-order valence-electron chi connectivity index (χ4n) is 3.12. The molecule has 0 saturated carbocycles. The van der Waals surface area contributed by atoms with Gasteiger partial charge in [0, 0.05) is 45.7 Å². The van der Waals surface area contributed by atoms with Crippen LogP contribution in [0, 0.1) is 0 Å². The minimum atomic E-state index is -0.386. The summed E-state index contributed by atoms with van der Waals surface area (Å²) >= 11 is 7.41. The molecule has 4 rings (SSSR count). The third-order valence-corrected chi connectivity index (χ3v) is 5.94. The molecule has 4 aromatic rings. The van der Waals surface area contributed by atoms with Gasteiger partial charge in [-0.25, -0.2) is 4.79 Å². The van der Waals surface area contributed by atoms with E-state index < -0.39 is 0 Å². The van der Waals surface area contributed by atoms with E-state index in [0.29, 0.717) is 40.8 Å². The molecule has 6 nitrogen and oxygen atoms in total. The number of nitrogens with one attached hydrogen (secondary N) is 1. The Hall–Kier alpha value is -3.42. The smallest absolute Gasteiger partial charge is 0.341 e. The molecule has 0 unspecified atom stereocenters. The molecular weight excluding hydrogens is 448 g/mol. The first-order valence-electron chi connectivity index (χ1n) is 9.86. The lowest BCUT2D eigenvalue weighted by Gasteiger charge is -2.09. The molecule has 0 fully saturated rings. The van der Waals surface area contributed by atoms with Crippen LogP contribution in [0.2, 0.25) is 5.02 Å². The van der Waals surface area contributed by atoms with Crippen molar-refractivity contribution in [1.82, 2.24) is 4.98 Å². The lowest BCUT2D eigenvalue weighted by atomic mass is 10.2. The molecule has 0 saturated heterocycles. The Labute approximate surface area is 193 Å². The molecule has 1 N–H and O–H groups in total. The molecule has 162 valence electrons. The Bertz CT molecular complexity index is 1290. The van der Waals surface area contributed by atoms with E-state index in [4.69, 9.17) is 21.1 Å². The van der Waals surface area contributed by atoms with Crippen molar-refractivity contribution in [2.24, 2.45) is 0 Å². The molecule has 2 aromatic heterocycles. The van der Waals surface area contributed by atoms with E-state index in [1.807, 2.05) is 11.4 Å². The highest BCUT2D eigenvalue weighted by Gasteiger charge is 2.16. The predicted molar refractivity (Wildman–Crippen MR) is 126 cm³/mol. The molecule has 0 aliphatic heterocycles. The van der Waals surface area contributed by atoms with Crippen molar-refractivity contribution in [3.8, 4) is 5.75 Å². The molecule has 0 radical (unpaired) electrons. The number of hydrogen-bond acceptors (Lipinski definition) is 6. The molecule has 0 aliphatic rings. The van der Waals surface area contributed by atoms with Crippen molar-refractivity contribution in [3.63, 3.8) is 0 Å². The van der Waals surface area contributed by atoms with Crippen LogP contribution in [-0.2, 0) is 11.3 Å². The molecule has 0 bridgehead atoms. The average molecular weight is 467 g/mol. The minimum Gasteiger partial charge on any atom is -0.489 e. The van der Waals surface area contributed by atoms with Crippen molar-refractivity contribution in [3.05, 3.63) is 88.0 Å². The summed E-state index contributed by atoms with van der Waals surface area (Å²) in [6.07, 6.45) is 3.24. The zero-order chi connectivity index (χ0) is 22.5. The van der Waals surface area contributed by atoms with Crippen molar-refractivity contribution in [1.29, 1.82) is 0 Å². The zero-order valence-electron chi connectivity index (χ0n) is 17.1. The maximum Gasteiger partial charge on any atom is 0.341 e. The predicted octanol–water partition coefficient (Wildman–Crippen LogP) is 5.96. The average Bonchev–Trinajstić information content (AvgIpc) is 3.21. The number of rotatable bonds is 7. The van der Waals surface area contributed by atoms with Crippen LogP contribution < -0.4 is 10.1 Å².